The van der Waals surface area contributed by atoms with Crippen molar-refractivity contribution >= 4 is 21.6 Å². The second-order valence-electron chi connectivity index (χ2n) is 12.3. The second-order valence-corrected chi connectivity index (χ2v) is 14.0. The van der Waals surface area contributed by atoms with Crippen molar-refractivity contribution in [1.29, 1.82) is 0 Å². The minimum atomic E-state index is -3.72. The standard InChI is InChI=1S/C34H38N4O3S/c1-23-13-17-27(18-14-23)42(40,41)36-29-12-8-11-24-15-16-26(21-28(24)29)38(22-30-35-19-20-37(30)4)33(39)32-31(34(32,2)3)25-9-6-5-7-10-25/h5-7,9-10,13-21,29,31-32,36H,8,11-12,22H2,1-4H3/t29-,31+,32+/m0/s1. The van der Waals surface area contributed by atoms with Gasteiger partial charge in [-0.3, -0.25) is 4.79 Å². The molecule has 0 aliphatic heterocycles. The normalized spacial score (nSPS) is 21.0. The maximum atomic E-state index is 14.4. The molecule has 2 aliphatic rings. The molecule has 7 nitrogen and oxygen atoms in total. The number of amides is 1. The first-order chi connectivity index (χ1) is 20.1. The number of hydrogen-bond donors (Lipinski definition) is 1. The van der Waals surface area contributed by atoms with Crippen LogP contribution in [0.5, 0.6) is 0 Å². The molecular weight excluding hydrogens is 544 g/mol. The van der Waals surface area contributed by atoms with Gasteiger partial charge in [0.05, 0.1) is 17.4 Å². The quantitative estimate of drug-likeness (QED) is 0.274. The molecule has 0 bridgehead atoms. The van der Waals surface area contributed by atoms with Crippen LogP contribution in [0.3, 0.4) is 0 Å². The number of imidazole rings is 1. The maximum Gasteiger partial charge on any atom is 0.241 e. The van der Waals surface area contributed by atoms with E-state index in [2.05, 4.69) is 41.8 Å². The largest absolute Gasteiger partial charge is 0.337 e. The highest BCUT2D eigenvalue weighted by atomic mass is 32.2. The molecule has 4 aromatic rings. The topological polar surface area (TPSA) is 84.3 Å². The first-order valence-electron chi connectivity index (χ1n) is 14.6. The van der Waals surface area contributed by atoms with Crippen LogP contribution in [0.2, 0.25) is 0 Å². The number of sulfonamides is 1. The van der Waals surface area contributed by atoms with Crippen LogP contribution in [0.1, 0.15) is 66.7 Å². The summed E-state index contributed by atoms with van der Waals surface area (Å²) in [6.07, 6.45) is 6.08. The van der Waals surface area contributed by atoms with E-state index in [0.29, 0.717) is 13.0 Å². The minimum Gasteiger partial charge on any atom is -0.337 e. The first kappa shape index (κ1) is 28.4. The van der Waals surface area contributed by atoms with Crippen molar-refractivity contribution in [2.24, 2.45) is 18.4 Å². The van der Waals surface area contributed by atoms with Crippen LogP contribution in [-0.2, 0) is 34.8 Å². The molecule has 0 unspecified atom stereocenters. The Bertz CT molecular complexity index is 1710. The number of nitrogens with one attached hydrogen (secondary N) is 1. The predicted octanol–water partition coefficient (Wildman–Crippen LogP) is 6.06. The van der Waals surface area contributed by atoms with Crippen molar-refractivity contribution in [2.75, 3.05) is 4.90 Å². The summed E-state index contributed by atoms with van der Waals surface area (Å²) in [5.41, 5.74) is 4.80. The first-order valence-corrected chi connectivity index (χ1v) is 16.1. The van der Waals surface area contributed by atoms with Gasteiger partial charge in [-0.1, -0.05) is 67.9 Å². The molecule has 3 aromatic carbocycles. The van der Waals surface area contributed by atoms with E-state index in [1.807, 2.05) is 72.1 Å². The third kappa shape index (κ3) is 5.29. The van der Waals surface area contributed by atoms with Crippen LogP contribution in [0, 0.1) is 18.3 Å². The number of hydrogen-bond acceptors (Lipinski definition) is 4. The van der Waals surface area contributed by atoms with Gasteiger partial charge in [0.2, 0.25) is 15.9 Å². The van der Waals surface area contributed by atoms with Crippen molar-refractivity contribution < 1.29 is 13.2 Å². The van der Waals surface area contributed by atoms with Gasteiger partial charge in [-0.25, -0.2) is 18.1 Å². The number of anilines is 1. The Kier molecular flexibility index (Phi) is 7.31. The Morgan fingerprint density at radius 2 is 1.81 bits per heavy atom. The Labute approximate surface area is 248 Å². The van der Waals surface area contributed by atoms with Crippen LogP contribution < -0.4 is 9.62 Å². The van der Waals surface area contributed by atoms with E-state index in [-0.39, 0.29) is 34.1 Å². The van der Waals surface area contributed by atoms with E-state index in [4.69, 9.17) is 0 Å². The lowest BCUT2D eigenvalue weighted by Gasteiger charge is -2.30. The number of carbonyl (C=O) groups is 1. The maximum absolute atomic E-state index is 14.4. The van der Waals surface area contributed by atoms with Crippen LogP contribution >= 0.6 is 0 Å². The molecule has 42 heavy (non-hydrogen) atoms. The lowest BCUT2D eigenvalue weighted by Crippen LogP contribution is -2.35. The molecule has 1 aromatic heterocycles. The highest BCUT2D eigenvalue weighted by molar-refractivity contribution is 7.89. The SMILES string of the molecule is Cc1ccc(S(=O)(=O)N[C@H]2CCCc3ccc(N(Cc4nccn4C)C(=O)[C@H]4[C@@H](c5ccccc5)C4(C)C)cc32)cc1. The molecule has 1 fully saturated rings. The Balaban J connectivity index is 1.35. The van der Waals surface area contributed by atoms with E-state index < -0.39 is 10.0 Å². The summed E-state index contributed by atoms with van der Waals surface area (Å²) in [6.45, 7) is 6.59. The average Bonchev–Trinajstić information content (AvgIpc) is 3.32. The van der Waals surface area contributed by atoms with Crippen LogP contribution in [-0.4, -0.2) is 23.9 Å². The number of fused-ring (bicyclic) bond motifs is 1. The number of aromatic nitrogens is 2. The van der Waals surface area contributed by atoms with Crippen LogP contribution in [0.15, 0.2) is 90.1 Å². The molecule has 1 heterocycles. The molecule has 6 rings (SSSR count). The predicted molar refractivity (Wildman–Crippen MR) is 164 cm³/mol. The molecule has 218 valence electrons. The molecule has 1 amide bonds. The fraction of sp³-hybridized carbons (Fsp3) is 0.353. The lowest BCUT2D eigenvalue weighted by molar-refractivity contribution is -0.120. The molecule has 0 saturated heterocycles. The van der Waals surface area contributed by atoms with E-state index in [9.17, 15) is 13.2 Å². The lowest BCUT2D eigenvalue weighted by atomic mass is 9.87. The van der Waals surface area contributed by atoms with Crippen molar-refractivity contribution in [3.8, 4) is 0 Å². The van der Waals surface area contributed by atoms with Gasteiger partial charge in [-0.15, -0.1) is 0 Å². The fourth-order valence-electron chi connectivity index (χ4n) is 6.59. The zero-order chi connectivity index (χ0) is 29.6. The Hall–Kier alpha value is -3.75. The highest BCUT2D eigenvalue weighted by Gasteiger charge is 2.63. The minimum absolute atomic E-state index is 0.0596. The summed E-state index contributed by atoms with van der Waals surface area (Å²) < 4.78 is 31.6. The third-order valence-electron chi connectivity index (χ3n) is 9.12. The van der Waals surface area contributed by atoms with Gasteiger partial charge < -0.3 is 9.47 Å². The summed E-state index contributed by atoms with van der Waals surface area (Å²) in [5, 5.41) is 0. The summed E-state index contributed by atoms with van der Waals surface area (Å²) in [4.78, 5) is 21.0. The van der Waals surface area contributed by atoms with Gasteiger partial charge in [0, 0.05) is 37.1 Å². The summed E-state index contributed by atoms with van der Waals surface area (Å²) in [6, 6.07) is 22.9. The van der Waals surface area contributed by atoms with Crippen molar-refractivity contribution in [3.63, 3.8) is 0 Å². The Morgan fingerprint density at radius 3 is 2.50 bits per heavy atom. The Morgan fingerprint density at radius 1 is 1.07 bits per heavy atom. The highest BCUT2D eigenvalue weighted by Crippen LogP contribution is 2.65. The van der Waals surface area contributed by atoms with Crippen molar-refractivity contribution in [1.82, 2.24) is 14.3 Å². The number of rotatable bonds is 8. The smallest absolute Gasteiger partial charge is 0.241 e. The number of carbonyl (C=O) groups excluding carboxylic acids is 1. The van der Waals surface area contributed by atoms with Crippen LogP contribution in [0.4, 0.5) is 5.69 Å². The van der Waals surface area contributed by atoms with E-state index >= 15 is 0 Å². The van der Waals surface area contributed by atoms with Gasteiger partial charge in [0.25, 0.3) is 0 Å². The molecule has 0 radical (unpaired) electrons. The van der Waals surface area contributed by atoms with Gasteiger partial charge in [0.15, 0.2) is 0 Å². The second kappa shape index (κ2) is 10.8. The molecule has 8 heteroatoms. The molecule has 1 saturated carbocycles. The van der Waals surface area contributed by atoms with Crippen LogP contribution in [0.25, 0.3) is 0 Å². The molecule has 3 atom stereocenters. The van der Waals surface area contributed by atoms with Crippen molar-refractivity contribution in [3.05, 3.63) is 113 Å². The molecule has 2 aliphatic carbocycles. The number of aryl methyl sites for hydroxylation is 3. The third-order valence-corrected chi connectivity index (χ3v) is 10.6. The fourth-order valence-corrected chi connectivity index (χ4v) is 7.84. The molecular formula is C34H38N4O3S. The van der Waals surface area contributed by atoms with Gasteiger partial charge in [0.1, 0.15) is 5.82 Å². The van der Waals surface area contributed by atoms with Gasteiger partial charge >= 0.3 is 0 Å². The monoisotopic (exact) mass is 582 g/mol. The van der Waals surface area contributed by atoms with E-state index in [0.717, 1.165) is 41.0 Å². The van der Waals surface area contributed by atoms with Gasteiger partial charge in [-0.2, -0.15) is 0 Å². The van der Waals surface area contributed by atoms with E-state index in [1.165, 1.54) is 5.56 Å². The van der Waals surface area contributed by atoms with Gasteiger partial charge in [-0.05, 0) is 72.6 Å². The number of benzene rings is 3. The number of nitrogens with zero attached hydrogens (tertiary/aromatic N) is 3. The average molecular weight is 583 g/mol. The summed E-state index contributed by atoms with van der Waals surface area (Å²) >= 11 is 0. The zero-order valence-electron chi connectivity index (χ0n) is 24.6. The molecule has 1 N–H and O–H groups in total. The van der Waals surface area contributed by atoms with Crippen molar-refractivity contribution in [2.45, 2.75) is 63.4 Å². The molecule has 0 spiro atoms. The van der Waals surface area contributed by atoms with E-state index in [1.54, 1.807) is 18.3 Å². The summed E-state index contributed by atoms with van der Waals surface area (Å²) in [5.74, 6) is 0.797. The summed E-state index contributed by atoms with van der Waals surface area (Å²) in [7, 11) is -1.78. The zero-order valence-corrected chi connectivity index (χ0v) is 25.4.